The zero-order valence-electron chi connectivity index (χ0n) is 9.87. The monoisotopic (exact) mass is 231 g/mol. The van der Waals surface area contributed by atoms with Crippen LogP contribution in [0.25, 0.3) is 11.3 Å². The van der Waals surface area contributed by atoms with Crippen LogP contribution in [0, 0.1) is 12.7 Å². The molecule has 4 heteroatoms. The molecule has 0 atom stereocenters. The molecule has 0 fully saturated rings. The van der Waals surface area contributed by atoms with Gasteiger partial charge in [0.2, 0.25) is 0 Å². The molecule has 0 aliphatic carbocycles. The molecule has 0 saturated carbocycles. The van der Waals surface area contributed by atoms with Crippen molar-refractivity contribution in [1.29, 1.82) is 0 Å². The maximum Gasteiger partial charge on any atom is 0.130 e. The number of hydrogen-bond acceptors (Lipinski definition) is 3. The van der Waals surface area contributed by atoms with Gasteiger partial charge in [-0.1, -0.05) is 0 Å². The van der Waals surface area contributed by atoms with Gasteiger partial charge in [-0.3, -0.25) is 0 Å². The van der Waals surface area contributed by atoms with Crippen LogP contribution in [-0.4, -0.2) is 16.5 Å². The predicted molar refractivity (Wildman–Crippen MR) is 66.3 cm³/mol. The van der Waals surface area contributed by atoms with Crippen molar-refractivity contribution in [2.45, 2.75) is 13.8 Å². The van der Waals surface area contributed by atoms with Gasteiger partial charge in [0.15, 0.2) is 0 Å². The van der Waals surface area contributed by atoms with E-state index in [0.717, 1.165) is 23.6 Å². The van der Waals surface area contributed by atoms with Crippen molar-refractivity contribution in [3.05, 3.63) is 42.0 Å². The first-order valence-corrected chi connectivity index (χ1v) is 5.54. The lowest BCUT2D eigenvalue weighted by Gasteiger charge is -2.07. The van der Waals surface area contributed by atoms with E-state index in [4.69, 9.17) is 0 Å². The molecule has 88 valence electrons. The molecule has 0 aliphatic heterocycles. The van der Waals surface area contributed by atoms with Crippen LogP contribution >= 0.6 is 0 Å². The summed E-state index contributed by atoms with van der Waals surface area (Å²) in [4.78, 5) is 8.61. The molecule has 0 spiro atoms. The Morgan fingerprint density at radius 1 is 1.18 bits per heavy atom. The maximum atomic E-state index is 12.8. The standard InChI is InChI=1S/C13H14FN3/c1-3-15-13-8-12(16-9(2)17-13)10-4-6-11(14)7-5-10/h4-8H,3H2,1-2H3,(H,15,16,17). The quantitative estimate of drug-likeness (QED) is 0.882. The van der Waals surface area contributed by atoms with Gasteiger partial charge in [0.1, 0.15) is 17.5 Å². The Labute approximate surface area is 99.7 Å². The smallest absolute Gasteiger partial charge is 0.130 e. The van der Waals surface area contributed by atoms with E-state index in [-0.39, 0.29) is 5.82 Å². The first-order valence-electron chi connectivity index (χ1n) is 5.54. The number of rotatable bonds is 3. The van der Waals surface area contributed by atoms with Gasteiger partial charge in [-0.05, 0) is 38.1 Å². The van der Waals surface area contributed by atoms with Gasteiger partial charge in [0.25, 0.3) is 0 Å². The Balaban J connectivity index is 2.40. The minimum absolute atomic E-state index is 0.244. The van der Waals surface area contributed by atoms with Crippen LogP contribution in [-0.2, 0) is 0 Å². The topological polar surface area (TPSA) is 37.8 Å². The second kappa shape index (κ2) is 4.91. The molecule has 1 heterocycles. The predicted octanol–water partition coefficient (Wildman–Crippen LogP) is 3.02. The zero-order valence-corrected chi connectivity index (χ0v) is 9.87. The highest BCUT2D eigenvalue weighted by molar-refractivity contribution is 5.62. The summed E-state index contributed by atoms with van der Waals surface area (Å²) in [5.74, 6) is 1.24. The summed E-state index contributed by atoms with van der Waals surface area (Å²) in [6.07, 6.45) is 0. The lowest BCUT2D eigenvalue weighted by molar-refractivity contribution is 0.628. The highest BCUT2D eigenvalue weighted by Gasteiger charge is 2.04. The second-order valence-electron chi connectivity index (χ2n) is 3.72. The fourth-order valence-electron chi connectivity index (χ4n) is 1.61. The average molecular weight is 231 g/mol. The highest BCUT2D eigenvalue weighted by Crippen LogP contribution is 2.20. The number of benzene rings is 1. The van der Waals surface area contributed by atoms with Crippen LogP contribution in [0.5, 0.6) is 0 Å². The van der Waals surface area contributed by atoms with Gasteiger partial charge in [-0.25, -0.2) is 14.4 Å². The lowest BCUT2D eigenvalue weighted by atomic mass is 10.1. The second-order valence-corrected chi connectivity index (χ2v) is 3.72. The van der Waals surface area contributed by atoms with Crippen LogP contribution in [0.2, 0.25) is 0 Å². The summed E-state index contributed by atoms with van der Waals surface area (Å²) < 4.78 is 12.8. The molecule has 0 saturated heterocycles. The fourth-order valence-corrected chi connectivity index (χ4v) is 1.61. The molecule has 0 unspecified atom stereocenters. The molecular formula is C13H14FN3. The molecule has 1 aromatic carbocycles. The Kier molecular flexibility index (Phi) is 3.32. The number of aryl methyl sites for hydroxylation is 1. The van der Waals surface area contributed by atoms with E-state index < -0.39 is 0 Å². The van der Waals surface area contributed by atoms with Gasteiger partial charge in [-0.15, -0.1) is 0 Å². The summed E-state index contributed by atoms with van der Waals surface area (Å²) in [7, 11) is 0. The van der Waals surface area contributed by atoms with E-state index in [2.05, 4.69) is 15.3 Å². The number of anilines is 1. The van der Waals surface area contributed by atoms with Crippen molar-refractivity contribution in [1.82, 2.24) is 9.97 Å². The minimum Gasteiger partial charge on any atom is -0.370 e. The van der Waals surface area contributed by atoms with E-state index in [1.807, 2.05) is 19.9 Å². The SMILES string of the molecule is CCNc1cc(-c2ccc(F)cc2)nc(C)n1. The van der Waals surface area contributed by atoms with Crippen molar-refractivity contribution in [3.63, 3.8) is 0 Å². The Morgan fingerprint density at radius 3 is 2.53 bits per heavy atom. The van der Waals surface area contributed by atoms with E-state index in [0.29, 0.717) is 5.82 Å². The molecule has 17 heavy (non-hydrogen) atoms. The summed E-state index contributed by atoms with van der Waals surface area (Å²) >= 11 is 0. The summed E-state index contributed by atoms with van der Waals surface area (Å²) in [6, 6.07) is 8.16. The van der Waals surface area contributed by atoms with Gasteiger partial charge in [0.05, 0.1) is 5.69 Å². The van der Waals surface area contributed by atoms with Crippen molar-refractivity contribution in [2.75, 3.05) is 11.9 Å². The number of nitrogens with one attached hydrogen (secondary N) is 1. The third-order valence-electron chi connectivity index (χ3n) is 2.34. The molecule has 0 radical (unpaired) electrons. The van der Waals surface area contributed by atoms with Gasteiger partial charge < -0.3 is 5.32 Å². The lowest BCUT2D eigenvalue weighted by Crippen LogP contribution is -2.02. The van der Waals surface area contributed by atoms with Crippen molar-refractivity contribution >= 4 is 5.82 Å². The molecule has 0 aliphatic rings. The molecule has 1 N–H and O–H groups in total. The van der Waals surface area contributed by atoms with Crippen LogP contribution < -0.4 is 5.32 Å². The first kappa shape index (κ1) is 11.5. The van der Waals surface area contributed by atoms with Gasteiger partial charge in [-0.2, -0.15) is 0 Å². The average Bonchev–Trinajstić information content (AvgIpc) is 2.29. The molecule has 0 bridgehead atoms. The van der Waals surface area contributed by atoms with E-state index >= 15 is 0 Å². The molecule has 1 aromatic heterocycles. The van der Waals surface area contributed by atoms with Crippen LogP contribution in [0.4, 0.5) is 10.2 Å². The summed E-state index contributed by atoms with van der Waals surface area (Å²) in [6.45, 7) is 4.65. The van der Waals surface area contributed by atoms with Crippen molar-refractivity contribution < 1.29 is 4.39 Å². The number of nitrogens with zero attached hydrogens (tertiary/aromatic N) is 2. The first-order chi connectivity index (χ1) is 8.19. The van der Waals surface area contributed by atoms with Crippen molar-refractivity contribution in [2.24, 2.45) is 0 Å². The Hall–Kier alpha value is -1.97. The maximum absolute atomic E-state index is 12.8. The fraction of sp³-hybridized carbons (Fsp3) is 0.231. The van der Waals surface area contributed by atoms with E-state index in [1.54, 1.807) is 12.1 Å². The van der Waals surface area contributed by atoms with Gasteiger partial charge in [0, 0.05) is 18.2 Å². The molecule has 2 rings (SSSR count). The normalized spacial score (nSPS) is 10.3. The largest absolute Gasteiger partial charge is 0.370 e. The van der Waals surface area contributed by atoms with Crippen molar-refractivity contribution in [3.8, 4) is 11.3 Å². The van der Waals surface area contributed by atoms with Crippen LogP contribution in [0.3, 0.4) is 0 Å². The third kappa shape index (κ3) is 2.78. The van der Waals surface area contributed by atoms with E-state index in [9.17, 15) is 4.39 Å². The number of hydrogen-bond donors (Lipinski definition) is 1. The van der Waals surface area contributed by atoms with Crippen LogP contribution in [0.15, 0.2) is 30.3 Å². The number of halogens is 1. The van der Waals surface area contributed by atoms with Gasteiger partial charge >= 0.3 is 0 Å². The third-order valence-corrected chi connectivity index (χ3v) is 2.34. The minimum atomic E-state index is -0.244. The van der Waals surface area contributed by atoms with Crippen LogP contribution in [0.1, 0.15) is 12.7 Å². The zero-order chi connectivity index (χ0) is 12.3. The molecule has 2 aromatic rings. The number of aromatic nitrogens is 2. The van der Waals surface area contributed by atoms with E-state index in [1.165, 1.54) is 12.1 Å². The summed E-state index contributed by atoms with van der Waals surface area (Å²) in [5.41, 5.74) is 1.68. The molecule has 3 nitrogen and oxygen atoms in total. The Bertz CT molecular complexity index is 509. The molecule has 0 amide bonds. The summed E-state index contributed by atoms with van der Waals surface area (Å²) in [5, 5.41) is 3.14. The Morgan fingerprint density at radius 2 is 1.88 bits per heavy atom. The molecular weight excluding hydrogens is 217 g/mol. The highest BCUT2D eigenvalue weighted by atomic mass is 19.1.